The summed E-state index contributed by atoms with van der Waals surface area (Å²) in [5, 5.41) is 9.57. The molecule has 4 nitrogen and oxygen atoms in total. The fourth-order valence-corrected chi connectivity index (χ4v) is 2.42. The van der Waals surface area contributed by atoms with Gasteiger partial charge in [-0.25, -0.2) is 0 Å². The first kappa shape index (κ1) is 13.9. The Labute approximate surface area is 114 Å². The Morgan fingerprint density at radius 2 is 2.37 bits per heavy atom. The topological polar surface area (TPSA) is 49.8 Å². The Kier molecular flexibility index (Phi) is 4.80. The monoisotopic (exact) mass is 263 g/mol. The number of carbonyl (C=O) groups excluding carboxylic acids is 1. The molecule has 0 spiro atoms. The highest BCUT2D eigenvalue weighted by Gasteiger charge is 2.21. The van der Waals surface area contributed by atoms with E-state index in [9.17, 15) is 9.90 Å². The molecular weight excluding hydrogens is 242 g/mol. The van der Waals surface area contributed by atoms with Crippen LogP contribution >= 0.6 is 0 Å². The van der Waals surface area contributed by atoms with Gasteiger partial charge >= 0.3 is 0 Å². The molecule has 1 aromatic carbocycles. The maximum atomic E-state index is 12.1. The van der Waals surface area contributed by atoms with Gasteiger partial charge in [-0.1, -0.05) is 12.1 Å². The fraction of sp³-hybridized carbons (Fsp3) is 0.533. The van der Waals surface area contributed by atoms with Crippen LogP contribution in [-0.2, 0) is 11.2 Å². The second kappa shape index (κ2) is 6.57. The number of hydrogen-bond donors (Lipinski definition) is 1. The molecule has 1 heterocycles. The molecule has 4 heteroatoms. The van der Waals surface area contributed by atoms with E-state index in [0.717, 1.165) is 30.7 Å². The van der Waals surface area contributed by atoms with E-state index in [1.54, 1.807) is 12.0 Å². The number of methoxy groups -OCH3 is 1. The Hall–Kier alpha value is -1.55. The molecule has 1 saturated heterocycles. The first-order valence-electron chi connectivity index (χ1n) is 6.78. The highest BCUT2D eigenvalue weighted by molar-refractivity contribution is 5.76. The summed E-state index contributed by atoms with van der Waals surface area (Å²) in [7, 11) is 1.64. The zero-order valence-electron chi connectivity index (χ0n) is 11.3. The van der Waals surface area contributed by atoms with Crippen LogP contribution < -0.4 is 4.74 Å². The lowest BCUT2D eigenvalue weighted by Gasteiger charge is -2.30. The molecule has 1 amide bonds. The number of likely N-dealkylation sites (tertiary alicyclic amines) is 1. The fourth-order valence-electron chi connectivity index (χ4n) is 2.42. The first-order valence-corrected chi connectivity index (χ1v) is 6.78. The Morgan fingerprint density at radius 3 is 3.11 bits per heavy atom. The summed E-state index contributed by atoms with van der Waals surface area (Å²) in [6.45, 7) is 1.25. The van der Waals surface area contributed by atoms with E-state index >= 15 is 0 Å². The van der Waals surface area contributed by atoms with E-state index in [-0.39, 0.29) is 12.0 Å². The summed E-state index contributed by atoms with van der Waals surface area (Å²) in [6, 6.07) is 7.79. The molecule has 1 aliphatic rings. The molecule has 1 aromatic rings. The van der Waals surface area contributed by atoms with Crippen molar-refractivity contribution in [3.63, 3.8) is 0 Å². The minimum atomic E-state index is -0.352. The third-order valence-electron chi connectivity index (χ3n) is 3.51. The number of aryl methyl sites for hydroxylation is 1. The second-order valence-electron chi connectivity index (χ2n) is 4.99. The molecule has 1 N–H and O–H groups in total. The quantitative estimate of drug-likeness (QED) is 0.898. The van der Waals surface area contributed by atoms with Gasteiger partial charge in [0, 0.05) is 19.5 Å². The van der Waals surface area contributed by atoms with Gasteiger partial charge in [-0.15, -0.1) is 0 Å². The van der Waals surface area contributed by atoms with Crippen LogP contribution in [0, 0.1) is 0 Å². The number of benzene rings is 1. The zero-order chi connectivity index (χ0) is 13.7. The minimum absolute atomic E-state index is 0.126. The van der Waals surface area contributed by atoms with Crippen LogP contribution in [0.15, 0.2) is 24.3 Å². The molecule has 1 atom stereocenters. The summed E-state index contributed by atoms with van der Waals surface area (Å²) in [5.41, 5.74) is 1.10. The van der Waals surface area contributed by atoms with Crippen molar-refractivity contribution < 1.29 is 14.6 Å². The summed E-state index contributed by atoms with van der Waals surface area (Å²) in [4.78, 5) is 13.8. The predicted octanol–water partition coefficient (Wildman–Crippen LogP) is 1.61. The number of hydrogen-bond acceptors (Lipinski definition) is 3. The van der Waals surface area contributed by atoms with Crippen molar-refractivity contribution >= 4 is 5.91 Å². The summed E-state index contributed by atoms with van der Waals surface area (Å²) in [6.07, 6.45) is 2.54. The SMILES string of the molecule is COc1cccc(CCC(=O)N2CCC[C@H](O)C2)c1. The van der Waals surface area contributed by atoms with Crippen molar-refractivity contribution in [2.75, 3.05) is 20.2 Å². The standard InChI is InChI=1S/C15H21NO3/c1-19-14-6-2-4-12(10-14)7-8-15(18)16-9-3-5-13(17)11-16/h2,4,6,10,13,17H,3,5,7-9,11H2,1H3/t13-/m0/s1. The highest BCUT2D eigenvalue weighted by Crippen LogP contribution is 2.16. The van der Waals surface area contributed by atoms with Crippen LogP contribution in [0.5, 0.6) is 5.75 Å². The number of aliphatic hydroxyl groups is 1. The average Bonchev–Trinajstić information content (AvgIpc) is 2.45. The maximum absolute atomic E-state index is 12.1. The summed E-state index contributed by atoms with van der Waals surface area (Å²) in [5.74, 6) is 0.944. The summed E-state index contributed by atoms with van der Waals surface area (Å²) >= 11 is 0. The Bertz CT molecular complexity index is 433. The number of rotatable bonds is 4. The number of piperidine rings is 1. The van der Waals surface area contributed by atoms with Crippen LogP contribution in [0.4, 0.5) is 0 Å². The molecule has 0 saturated carbocycles. The minimum Gasteiger partial charge on any atom is -0.497 e. The average molecular weight is 263 g/mol. The van der Waals surface area contributed by atoms with Gasteiger partial charge in [-0.3, -0.25) is 4.79 Å². The van der Waals surface area contributed by atoms with Crippen molar-refractivity contribution in [2.45, 2.75) is 31.8 Å². The lowest BCUT2D eigenvalue weighted by molar-refractivity contribution is -0.134. The van der Waals surface area contributed by atoms with Crippen molar-refractivity contribution in [2.24, 2.45) is 0 Å². The number of ether oxygens (including phenoxy) is 1. The third kappa shape index (κ3) is 3.96. The van der Waals surface area contributed by atoms with Crippen LogP contribution in [0.3, 0.4) is 0 Å². The predicted molar refractivity (Wildman–Crippen MR) is 73.1 cm³/mol. The van der Waals surface area contributed by atoms with Gasteiger partial charge in [0.15, 0.2) is 0 Å². The van der Waals surface area contributed by atoms with E-state index in [4.69, 9.17) is 4.74 Å². The van der Waals surface area contributed by atoms with Crippen LogP contribution in [-0.4, -0.2) is 42.2 Å². The van der Waals surface area contributed by atoms with E-state index in [1.807, 2.05) is 24.3 Å². The largest absolute Gasteiger partial charge is 0.497 e. The normalized spacial score (nSPS) is 19.3. The van der Waals surface area contributed by atoms with E-state index in [0.29, 0.717) is 19.4 Å². The summed E-state index contributed by atoms with van der Waals surface area (Å²) < 4.78 is 5.16. The van der Waals surface area contributed by atoms with Gasteiger partial charge in [0.25, 0.3) is 0 Å². The van der Waals surface area contributed by atoms with Crippen LogP contribution in [0.25, 0.3) is 0 Å². The smallest absolute Gasteiger partial charge is 0.222 e. The molecule has 0 bridgehead atoms. The highest BCUT2D eigenvalue weighted by atomic mass is 16.5. The third-order valence-corrected chi connectivity index (χ3v) is 3.51. The van der Waals surface area contributed by atoms with Crippen molar-refractivity contribution in [1.29, 1.82) is 0 Å². The zero-order valence-corrected chi connectivity index (χ0v) is 11.3. The molecule has 0 aromatic heterocycles. The molecule has 19 heavy (non-hydrogen) atoms. The number of amides is 1. The van der Waals surface area contributed by atoms with Crippen LogP contribution in [0.1, 0.15) is 24.8 Å². The molecule has 2 rings (SSSR count). The van der Waals surface area contributed by atoms with Crippen molar-refractivity contribution in [1.82, 2.24) is 4.90 Å². The van der Waals surface area contributed by atoms with E-state index in [2.05, 4.69) is 0 Å². The van der Waals surface area contributed by atoms with Gasteiger partial charge in [-0.2, -0.15) is 0 Å². The lowest BCUT2D eigenvalue weighted by Crippen LogP contribution is -2.42. The van der Waals surface area contributed by atoms with Gasteiger partial charge in [0.1, 0.15) is 5.75 Å². The van der Waals surface area contributed by atoms with Gasteiger partial charge in [0.05, 0.1) is 13.2 Å². The number of β-amino-alcohol motifs (C(OH)–C–C–N with tert-alkyl or cyclic N) is 1. The Morgan fingerprint density at radius 1 is 1.53 bits per heavy atom. The lowest BCUT2D eigenvalue weighted by atomic mass is 10.1. The number of aliphatic hydroxyl groups excluding tert-OH is 1. The molecule has 1 fully saturated rings. The number of nitrogens with zero attached hydrogens (tertiary/aromatic N) is 1. The Balaban J connectivity index is 1.85. The van der Waals surface area contributed by atoms with E-state index < -0.39 is 0 Å². The van der Waals surface area contributed by atoms with Gasteiger partial charge in [0.2, 0.25) is 5.91 Å². The van der Waals surface area contributed by atoms with Gasteiger partial charge in [-0.05, 0) is 37.0 Å². The van der Waals surface area contributed by atoms with E-state index in [1.165, 1.54) is 0 Å². The maximum Gasteiger partial charge on any atom is 0.222 e. The first-order chi connectivity index (χ1) is 9.19. The molecule has 0 radical (unpaired) electrons. The molecular formula is C15H21NO3. The molecule has 104 valence electrons. The van der Waals surface area contributed by atoms with Gasteiger partial charge < -0.3 is 14.7 Å². The number of carbonyl (C=O) groups is 1. The van der Waals surface area contributed by atoms with Crippen LogP contribution in [0.2, 0.25) is 0 Å². The van der Waals surface area contributed by atoms with Crippen molar-refractivity contribution in [3.8, 4) is 5.75 Å². The van der Waals surface area contributed by atoms with Crippen molar-refractivity contribution in [3.05, 3.63) is 29.8 Å². The second-order valence-corrected chi connectivity index (χ2v) is 4.99. The molecule has 0 unspecified atom stereocenters. The molecule has 1 aliphatic heterocycles. The molecule has 0 aliphatic carbocycles.